The van der Waals surface area contributed by atoms with Gasteiger partial charge in [0.15, 0.2) is 0 Å². The van der Waals surface area contributed by atoms with Gasteiger partial charge in [-0.1, -0.05) is 0 Å². The lowest BCUT2D eigenvalue weighted by atomic mass is 10.9. The smallest absolute Gasteiger partial charge is 0.361 e. The lowest BCUT2D eigenvalue weighted by molar-refractivity contribution is -0.137. The zero-order chi connectivity index (χ0) is 16.8. The average molecular weight is 346 g/mol. The van der Waals surface area contributed by atoms with Crippen LogP contribution in [-0.2, 0) is 50.7 Å². The molecule has 0 N–H and O–H groups in total. The molecule has 0 aliphatic rings. The fourth-order valence-corrected chi connectivity index (χ4v) is 3.70. The van der Waals surface area contributed by atoms with Crippen molar-refractivity contribution in [2.75, 3.05) is 0 Å². The number of phosphoric acid groups is 2. The molecule has 0 fully saturated rings. The van der Waals surface area contributed by atoms with Crippen LogP contribution in [-0.4, -0.2) is 23.9 Å². The molecule has 0 aliphatic heterocycles. The fraction of sp³-hybridized carbons (Fsp3) is 0.500. The van der Waals surface area contributed by atoms with Crippen LogP contribution >= 0.6 is 15.6 Å². The van der Waals surface area contributed by atoms with E-state index < -0.39 is 39.5 Å². The van der Waals surface area contributed by atoms with Gasteiger partial charge in [-0.2, -0.15) is 0 Å². The number of hydrogen-bond donors (Lipinski definition) is 0. The van der Waals surface area contributed by atoms with Crippen LogP contribution < -0.4 is 0 Å². The molecule has 0 radical (unpaired) electrons. The maximum absolute atomic E-state index is 11.9. The minimum absolute atomic E-state index is 0.780. The van der Waals surface area contributed by atoms with Gasteiger partial charge in [0.1, 0.15) is 0 Å². The van der Waals surface area contributed by atoms with Gasteiger partial charge < -0.3 is 18.1 Å². The standard InChI is InChI=1S/C8H12O11P2/c1-5(9)15-20(13,16-6(2)10)19-21(14,17-7(3)11)18-8(4)12/h1-4H3. The molecule has 0 saturated heterocycles. The molecule has 0 unspecified atom stereocenters. The van der Waals surface area contributed by atoms with E-state index in [1.54, 1.807) is 0 Å². The van der Waals surface area contributed by atoms with Crippen molar-refractivity contribution in [2.45, 2.75) is 27.7 Å². The van der Waals surface area contributed by atoms with Crippen molar-refractivity contribution < 1.29 is 50.7 Å². The van der Waals surface area contributed by atoms with Crippen molar-refractivity contribution in [1.82, 2.24) is 0 Å². The van der Waals surface area contributed by atoms with Gasteiger partial charge in [-0.05, 0) is 0 Å². The molecule has 0 saturated carbocycles. The molecule has 0 aromatic rings. The molecule has 0 heterocycles. The summed E-state index contributed by atoms with van der Waals surface area (Å²) in [5, 5.41) is 0. The second-order valence-electron chi connectivity index (χ2n) is 3.31. The van der Waals surface area contributed by atoms with E-state index in [2.05, 4.69) is 22.4 Å². The number of hydrogen-bond acceptors (Lipinski definition) is 11. The molecule has 0 aliphatic carbocycles. The summed E-state index contributed by atoms with van der Waals surface area (Å²) < 4.78 is 44.5. The lowest BCUT2D eigenvalue weighted by Gasteiger charge is -2.19. The number of carbonyl (C=O) groups is 4. The quantitative estimate of drug-likeness (QED) is 0.643. The monoisotopic (exact) mass is 346 g/mol. The highest BCUT2D eigenvalue weighted by molar-refractivity contribution is 7.63. The van der Waals surface area contributed by atoms with E-state index in [1.165, 1.54) is 0 Å². The normalized spacial score (nSPS) is 11.2. The van der Waals surface area contributed by atoms with Gasteiger partial charge in [-0.3, -0.25) is 19.2 Å². The zero-order valence-corrected chi connectivity index (χ0v) is 13.2. The van der Waals surface area contributed by atoms with Crippen molar-refractivity contribution in [3.05, 3.63) is 0 Å². The highest BCUT2D eigenvalue weighted by Crippen LogP contribution is 2.66. The Morgan fingerprint density at radius 1 is 0.571 bits per heavy atom. The number of phosphoric ester groups is 2. The Labute approximate surface area is 119 Å². The maximum atomic E-state index is 11.9. The average Bonchev–Trinajstić information content (AvgIpc) is 2.07. The largest absolute Gasteiger partial charge is 0.602 e. The Morgan fingerprint density at radius 2 is 0.762 bits per heavy atom. The van der Waals surface area contributed by atoms with E-state index in [-0.39, 0.29) is 0 Å². The van der Waals surface area contributed by atoms with E-state index in [9.17, 15) is 28.3 Å². The SMILES string of the molecule is CC(=O)OP(=O)(OC(C)=O)OP(=O)(OC(C)=O)OC(C)=O. The molecule has 120 valence electrons. The Balaban J connectivity index is 5.48. The van der Waals surface area contributed by atoms with Crippen LogP contribution in [0.25, 0.3) is 0 Å². The summed E-state index contributed by atoms with van der Waals surface area (Å²) in [4.78, 5) is 43.2. The fourth-order valence-electron chi connectivity index (χ4n) is 0.856. The second-order valence-corrected chi connectivity index (χ2v) is 6.48. The van der Waals surface area contributed by atoms with E-state index >= 15 is 0 Å². The van der Waals surface area contributed by atoms with E-state index in [4.69, 9.17) is 0 Å². The van der Waals surface area contributed by atoms with Crippen molar-refractivity contribution in [2.24, 2.45) is 0 Å². The predicted octanol–water partition coefficient (Wildman–Crippen LogP) is 1.47. The highest BCUT2D eigenvalue weighted by atomic mass is 31.3. The van der Waals surface area contributed by atoms with Crippen molar-refractivity contribution >= 4 is 39.5 Å². The molecule has 0 aromatic heterocycles. The summed E-state index contributed by atoms with van der Waals surface area (Å²) in [6.45, 7) is 3.12. The first-order valence-corrected chi connectivity index (χ1v) is 8.01. The predicted molar refractivity (Wildman–Crippen MR) is 63.4 cm³/mol. The molecule has 0 atom stereocenters. The zero-order valence-electron chi connectivity index (χ0n) is 11.4. The topological polar surface area (TPSA) is 149 Å². The van der Waals surface area contributed by atoms with Gasteiger partial charge in [0.05, 0.1) is 0 Å². The van der Waals surface area contributed by atoms with Crippen molar-refractivity contribution in [3.8, 4) is 0 Å². The van der Waals surface area contributed by atoms with Gasteiger partial charge in [0.2, 0.25) is 0 Å². The second kappa shape index (κ2) is 7.35. The van der Waals surface area contributed by atoms with E-state index in [1.807, 2.05) is 0 Å². The summed E-state index contributed by atoms with van der Waals surface area (Å²) in [7, 11) is -10.2. The van der Waals surface area contributed by atoms with Gasteiger partial charge in [0, 0.05) is 27.7 Å². The van der Waals surface area contributed by atoms with Gasteiger partial charge in [0.25, 0.3) is 0 Å². The Bertz CT molecular complexity index is 462. The van der Waals surface area contributed by atoms with Crippen LogP contribution in [0.1, 0.15) is 27.7 Å². The molecule has 0 bridgehead atoms. The first kappa shape index (κ1) is 19.3. The Kier molecular flexibility index (Phi) is 6.75. The van der Waals surface area contributed by atoms with Crippen LogP contribution in [0.3, 0.4) is 0 Å². The van der Waals surface area contributed by atoms with Crippen molar-refractivity contribution in [1.29, 1.82) is 0 Å². The first-order valence-electron chi connectivity index (χ1n) is 5.09. The van der Waals surface area contributed by atoms with Crippen LogP contribution in [0.5, 0.6) is 0 Å². The summed E-state index contributed by atoms with van der Waals surface area (Å²) in [6, 6.07) is 0. The van der Waals surface area contributed by atoms with Crippen LogP contribution in [0.15, 0.2) is 0 Å². The first-order chi connectivity index (χ1) is 9.37. The van der Waals surface area contributed by atoms with E-state index in [0.717, 1.165) is 27.7 Å². The highest BCUT2D eigenvalue weighted by Gasteiger charge is 2.48. The third-order valence-corrected chi connectivity index (χ3v) is 4.68. The summed E-state index contributed by atoms with van der Waals surface area (Å²) in [5.74, 6) is -4.90. The summed E-state index contributed by atoms with van der Waals surface area (Å²) in [6.07, 6.45) is 0. The van der Waals surface area contributed by atoms with Crippen LogP contribution in [0.2, 0.25) is 0 Å². The molecule has 13 heteroatoms. The number of rotatable bonds is 6. The lowest BCUT2D eigenvalue weighted by Crippen LogP contribution is -2.10. The van der Waals surface area contributed by atoms with E-state index in [0.29, 0.717) is 0 Å². The van der Waals surface area contributed by atoms with Gasteiger partial charge >= 0.3 is 39.5 Å². The molecular weight excluding hydrogens is 334 g/mol. The summed E-state index contributed by atoms with van der Waals surface area (Å²) >= 11 is 0. The Morgan fingerprint density at radius 3 is 0.905 bits per heavy atom. The minimum Gasteiger partial charge on any atom is -0.361 e. The van der Waals surface area contributed by atoms with Crippen molar-refractivity contribution in [3.63, 3.8) is 0 Å². The molecule has 0 aromatic carbocycles. The third-order valence-electron chi connectivity index (χ3n) is 1.16. The van der Waals surface area contributed by atoms with Gasteiger partial charge in [-0.25, -0.2) is 9.13 Å². The Hall–Kier alpha value is -1.70. The summed E-state index contributed by atoms with van der Waals surface area (Å²) in [5.41, 5.74) is 0. The minimum atomic E-state index is -5.08. The molecule has 0 spiro atoms. The molecule has 21 heavy (non-hydrogen) atoms. The van der Waals surface area contributed by atoms with Crippen LogP contribution in [0.4, 0.5) is 0 Å². The maximum Gasteiger partial charge on any atom is 0.602 e. The molecule has 0 rings (SSSR count). The van der Waals surface area contributed by atoms with Crippen LogP contribution in [0, 0.1) is 0 Å². The number of carbonyl (C=O) groups excluding carboxylic acids is 4. The molecular formula is C8H12O11P2. The third kappa shape index (κ3) is 8.23. The van der Waals surface area contributed by atoms with Gasteiger partial charge in [-0.15, -0.1) is 4.31 Å². The molecule has 0 amide bonds. The molecule has 11 nitrogen and oxygen atoms in total.